The van der Waals surface area contributed by atoms with Crippen LogP contribution in [0.1, 0.15) is 16.4 Å². The molecule has 7 heteroatoms. The Bertz CT molecular complexity index is 1090. The van der Waals surface area contributed by atoms with Gasteiger partial charge in [-0.2, -0.15) is 0 Å². The number of imide groups is 1. The van der Waals surface area contributed by atoms with Gasteiger partial charge in [-0.15, -0.1) is 0 Å². The average molecular weight is 380 g/mol. The molecule has 3 aromatic rings. The number of aromatic nitrogens is 1. The number of likely N-dealkylation sites (N-methyl/N-ethyl adjacent to an activating group) is 1. The molecule has 1 unspecified atom stereocenters. The Labute approximate surface area is 159 Å². The highest BCUT2D eigenvalue weighted by molar-refractivity contribution is 8.15. The molecule has 0 N–H and O–H groups in total. The molecule has 1 fully saturated rings. The maximum absolute atomic E-state index is 12.4. The normalized spacial score (nSPS) is 18.7. The summed E-state index contributed by atoms with van der Waals surface area (Å²) in [5, 5.41) is 0.307. The lowest BCUT2D eigenvalue weighted by atomic mass is 10.1. The molecular weight excluding hydrogens is 364 g/mol. The van der Waals surface area contributed by atoms with Crippen molar-refractivity contribution in [2.24, 2.45) is 0 Å². The quantitative estimate of drug-likeness (QED) is 0.692. The highest BCUT2D eigenvalue weighted by atomic mass is 32.2. The number of benzene rings is 2. The SMILES string of the molecule is CN1C(=O)SC(c2cccc3c2ccn3Cc2ccc3c(c2)OCO3)C1=O. The van der Waals surface area contributed by atoms with Crippen LogP contribution in [0.3, 0.4) is 0 Å². The Morgan fingerprint density at radius 1 is 1.11 bits per heavy atom. The minimum Gasteiger partial charge on any atom is -0.454 e. The molecule has 0 bridgehead atoms. The van der Waals surface area contributed by atoms with Crippen LogP contribution in [0.25, 0.3) is 10.9 Å². The zero-order chi connectivity index (χ0) is 18.5. The van der Waals surface area contributed by atoms with Crippen molar-refractivity contribution in [3.8, 4) is 11.5 Å². The molecule has 27 heavy (non-hydrogen) atoms. The summed E-state index contributed by atoms with van der Waals surface area (Å²) in [6.07, 6.45) is 2.01. The molecule has 0 spiro atoms. The second-order valence-electron chi connectivity index (χ2n) is 6.57. The zero-order valence-corrected chi connectivity index (χ0v) is 15.4. The highest BCUT2D eigenvalue weighted by Crippen LogP contribution is 2.41. The van der Waals surface area contributed by atoms with Crippen molar-refractivity contribution in [2.45, 2.75) is 11.8 Å². The number of ether oxygens (including phenoxy) is 2. The number of carbonyl (C=O) groups is 2. The van der Waals surface area contributed by atoms with Crippen LogP contribution in [0.5, 0.6) is 11.5 Å². The summed E-state index contributed by atoms with van der Waals surface area (Å²) in [5.74, 6) is 1.36. The third-order valence-electron chi connectivity index (χ3n) is 4.97. The Hall–Kier alpha value is -2.93. The fourth-order valence-electron chi connectivity index (χ4n) is 3.54. The molecule has 1 saturated heterocycles. The molecule has 0 aliphatic carbocycles. The fraction of sp³-hybridized carbons (Fsp3) is 0.200. The Morgan fingerprint density at radius 3 is 2.78 bits per heavy atom. The molecule has 1 atom stereocenters. The first-order chi connectivity index (χ1) is 13.1. The molecule has 2 aliphatic rings. The molecular formula is C20H16N2O4S. The maximum Gasteiger partial charge on any atom is 0.289 e. The predicted molar refractivity (Wildman–Crippen MR) is 102 cm³/mol. The summed E-state index contributed by atoms with van der Waals surface area (Å²) in [4.78, 5) is 25.5. The topological polar surface area (TPSA) is 60.8 Å². The molecule has 1 aromatic heterocycles. The van der Waals surface area contributed by atoms with Gasteiger partial charge in [0.1, 0.15) is 5.25 Å². The van der Waals surface area contributed by atoms with Crippen LogP contribution in [0.2, 0.25) is 0 Å². The van der Waals surface area contributed by atoms with Gasteiger partial charge in [0.05, 0.1) is 0 Å². The molecule has 0 saturated carbocycles. The number of thioether (sulfide) groups is 1. The van der Waals surface area contributed by atoms with E-state index < -0.39 is 5.25 Å². The molecule has 2 aromatic carbocycles. The van der Waals surface area contributed by atoms with Gasteiger partial charge in [-0.3, -0.25) is 14.5 Å². The Balaban J connectivity index is 1.51. The van der Waals surface area contributed by atoms with Crippen molar-refractivity contribution in [2.75, 3.05) is 13.8 Å². The van der Waals surface area contributed by atoms with Crippen molar-refractivity contribution in [1.82, 2.24) is 9.47 Å². The summed E-state index contributed by atoms with van der Waals surface area (Å²) >= 11 is 1.07. The van der Waals surface area contributed by atoms with Crippen LogP contribution in [-0.4, -0.2) is 34.5 Å². The average Bonchev–Trinajstić information content (AvgIpc) is 3.37. The minimum atomic E-state index is -0.479. The molecule has 5 rings (SSSR count). The van der Waals surface area contributed by atoms with Gasteiger partial charge in [-0.25, -0.2) is 0 Å². The van der Waals surface area contributed by atoms with E-state index in [1.807, 2.05) is 48.7 Å². The lowest BCUT2D eigenvalue weighted by Crippen LogP contribution is -2.24. The van der Waals surface area contributed by atoms with Gasteiger partial charge >= 0.3 is 0 Å². The van der Waals surface area contributed by atoms with Gasteiger partial charge in [0.25, 0.3) is 5.24 Å². The minimum absolute atomic E-state index is 0.166. The van der Waals surface area contributed by atoms with Gasteiger partial charge in [-0.1, -0.05) is 18.2 Å². The van der Waals surface area contributed by atoms with Crippen molar-refractivity contribution in [1.29, 1.82) is 0 Å². The fourth-order valence-corrected chi connectivity index (χ4v) is 4.58. The van der Waals surface area contributed by atoms with Gasteiger partial charge in [0, 0.05) is 30.7 Å². The third kappa shape index (κ3) is 2.57. The van der Waals surface area contributed by atoms with Crippen molar-refractivity contribution in [3.05, 3.63) is 59.8 Å². The molecule has 136 valence electrons. The largest absolute Gasteiger partial charge is 0.454 e. The van der Waals surface area contributed by atoms with E-state index in [4.69, 9.17) is 9.47 Å². The predicted octanol–water partition coefficient (Wildman–Crippen LogP) is 3.78. The lowest BCUT2D eigenvalue weighted by molar-refractivity contribution is -0.125. The van der Waals surface area contributed by atoms with Crippen LogP contribution in [-0.2, 0) is 11.3 Å². The number of carbonyl (C=O) groups excluding carboxylic acids is 2. The first kappa shape index (κ1) is 16.3. The lowest BCUT2D eigenvalue weighted by Gasteiger charge is -2.11. The second kappa shape index (κ2) is 6.06. The van der Waals surface area contributed by atoms with E-state index in [-0.39, 0.29) is 17.9 Å². The van der Waals surface area contributed by atoms with Crippen LogP contribution in [0.15, 0.2) is 48.7 Å². The maximum atomic E-state index is 12.4. The van der Waals surface area contributed by atoms with E-state index in [0.717, 1.165) is 45.3 Å². The molecule has 3 heterocycles. The van der Waals surface area contributed by atoms with E-state index >= 15 is 0 Å². The summed E-state index contributed by atoms with van der Waals surface area (Å²) in [6.45, 7) is 0.934. The molecule has 6 nitrogen and oxygen atoms in total. The number of rotatable bonds is 3. The number of nitrogens with zero attached hydrogens (tertiary/aromatic N) is 2. The van der Waals surface area contributed by atoms with Crippen molar-refractivity contribution in [3.63, 3.8) is 0 Å². The summed E-state index contributed by atoms with van der Waals surface area (Å²) in [6, 6.07) is 13.8. The van der Waals surface area contributed by atoms with E-state index in [2.05, 4.69) is 4.57 Å². The highest BCUT2D eigenvalue weighted by Gasteiger charge is 2.39. The number of hydrogen-bond acceptors (Lipinski definition) is 5. The number of fused-ring (bicyclic) bond motifs is 2. The van der Waals surface area contributed by atoms with Gasteiger partial charge in [-0.05, 0) is 47.2 Å². The first-order valence-electron chi connectivity index (χ1n) is 8.56. The third-order valence-corrected chi connectivity index (χ3v) is 6.13. The van der Waals surface area contributed by atoms with E-state index in [1.54, 1.807) is 0 Å². The summed E-state index contributed by atoms with van der Waals surface area (Å²) in [7, 11) is 1.53. The smallest absolute Gasteiger partial charge is 0.289 e. The van der Waals surface area contributed by atoms with E-state index in [0.29, 0.717) is 6.54 Å². The van der Waals surface area contributed by atoms with Crippen LogP contribution in [0.4, 0.5) is 4.79 Å². The monoisotopic (exact) mass is 380 g/mol. The molecule has 2 amide bonds. The Kier molecular flexibility index (Phi) is 3.65. The van der Waals surface area contributed by atoms with Gasteiger partial charge < -0.3 is 14.0 Å². The zero-order valence-electron chi connectivity index (χ0n) is 14.5. The molecule has 0 radical (unpaired) electrons. The van der Waals surface area contributed by atoms with Gasteiger partial charge in [0.15, 0.2) is 11.5 Å². The van der Waals surface area contributed by atoms with Crippen LogP contribution in [0, 0.1) is 0 Å². The summed E-state index contributed by atoms with van der Waals surface area (Å²) in [5.41, 5.74) is 3.01. The van der Waals surface area contributed by atoms with E-state index in [1.165, 1.54) is 11.9 Å². The first-order valence-corrected chi connectivity index (χ1v) is 9.44. The number of amides is 2. The van der Waals surface area contributed by atoms with E-state index in [9.17, 15) is 9.59 Å². The number of hydrogen-bond donors (Lipinski definition) is 0. The summed E-state index contributed by atoms with van der Waals surface area (Å²) < 4.78 is 13.0. The van der Waals surface area contributed by atoms with Gasteiger partial charge in [0.2, 0.25) is 12.7 Å². The Morgan fingerprint density at radius 2 is 1.96 bits per heavy atom. The van der Waals surface area contributed by atoms with Crippen molar-refractivity contribution >= 4 is 33.8 Å². The second-order valence-corrected chi connectivity index (χ2v) is 7.63. The van der Waals surface area contributed by atoms with Crippen LogP contribution >= 0.6 is 11.8 Å². The van der Waals surface area contributed by atoms with Crippen LogP contribution < -0.4 is 9.47 Å². The standard InChI is InChI=1S/C20H16N2O4S/c1-21-19(23)18(27-20(21)24)14-3-2-4-15-13(14)7-8-22(15)10-12-5-6-16-17(9-12)26-11-25-16/h2-9,18H,10-11H2,1H3. The van der Waals surface area contributed by atoms with Crippen molar-refractivity contribution < 1.29 is 19.1 Å². The molecule has 2 aliphatic heterocycles.